The van der Waals surface area contributed by atoms with Crippen LogP contribution in [0.25, 0.3) is 0 Å². The second kappa shape index (κ2) is 8.97. The molecule has 1 saturated heterocycles. The van der Waals surface area contributed by atoms with Crippen LogP contribution < -0.4 is 10.1 Å². The predicted octanol–water partition coefficient (Wildman–Crippen LogP) is 1.78. The van der Waals surface area contributed by atoms with E-state index < -0.39 is 5.60 Å². The second-order valence-corrected chi connectivity index (χ2v) is 6.96. The number of hydrogen-bond donors (Lipinski definition) is 2. The molecule has 0 radical (unpaired) electrons. The number of likely N-dealkylation sites (tertiary alicyclic amines) is 1. The fourth-order valence-electron chi connectivity index (χ4n) is 3.43. The smallest absolute Gasteiger partial charge is 0.256 e. The van der Waals surface area contributed by atoms with Crippen molar-refractivity contribution in [1.29, 1.82) is 0 Å². The molecule has 6 nitrogen and oxygen atoms in total. The van der Waals surface area contributed by atoms with Gasteiger partial charge in [-0.05, 0) is 42.7 Å². The average molecular weight is 369 g/mol. The summed E-state index contributed by atoms with van der Waals surface area (Å²) in [6, 6.07) is 13.5. The van der Waals surface area contributed by atoms with E-state index in [9.17, 15) is 9.90 Å². The van der Waals surface area contributed by atoms with Crippen LogP contribution in [0.15, 0.2) is 48.7 Å². The van der Waals surface area contributed by atoms with Crippen molar-refractivity contribution >= 4 is 5.91 Å². The summed E-state index contributed by atoms with van der Waals surface area (Å²) in [5, 5.41) is 14.1. The molecule has 1 aromatic carbocycles. The number of benzene rings is 1. The molecule has 2 heterocycles. The number of aliphatic hydroxyl groups is 1. The number of carbonyl (C=O) groups is 1. The molecule has 6 heteroatoms. The lowest BCUT2D eigenvalue weighted by Gasteiger charge is -2.38. The Kier molecular flexibility index (Phi) is 6.42. The van der Waals surface area contributed by atoms with E-state index in [0.29, 0.717) is 26.1 Å². The van der Waals surface area contributed by atoms with Gasteiger partial charge in [0.2, 0.25) is 0 Å². The molecule has 1 aromatic heterocycles. The summed E-state index contributed by atoms with van der Waals surface area (Å²) >= 11 is 0. The van der Waals surface area contributed by atoms with Crippen molar-refractivity contribution in [2.45, 2.75) is 31.4 Å². The zero-order chi connectivity index (χ0) is 19.1. The van der Waals surface area contributed by atoms with Crippen molar-refractivity contribution in [2.24, 2.45) is 0 Å². The number of nitrogens with one attached hydrogen (secondary N) is 1. The molecule has 1 atom stereocenters. The molecule has 3 rings (SSSR count). The van der Waals surface area contributed by atoms with Crippen molar-refractivity contribution in [3.63, 3.8) is 0 Å². The highest BCUT2D eigenvalue weighted by Crippen LogP contribution is 2.24. The van der Waals surface area contributed by atoms with Gasteiger partial charge in [-0.1, -0.05) is 18.2 Å². The third-order valence-electron chi connectivity index (χ3n) is 4.91. The largest absolute Gasteiger partial charge is 0.497 e. The van der Waals surface area contributed by atoms with Crippen LogP contribution in [0, 0.1) is 0 Å². The van der Waals surface area contributed by atoms with E-state index in [1.807, 2.05) is 42.5 Å². The number of amides is 1. The number of pyridine rings is 1. The molecule has 1 aliphatic heterocycles. The molecule has 0 bridgehead atoms. The topological polar surface area (TPSA) is 74.7 Å². The van der Waals surface area contributed by atoms with Crippen LogP contribution >= 0.6 is 0 Å². The van der Waals surface area contributed by atoms with Gasteiger partial charge in [-0.2, -0.15) is 0 Å². The Hall–Kier alpha value is -2.44. The number of ether oxygens (including phenoxy) is 1. The lowest BCUT2D eigenvalue weighted by Crippen LogP contribution is -2.57. The van der Waals surface area contributed by atoms with Crippen LogP contribution in [0.1, 0.15) is 24.1 Å². The Balaban J connectivity index is 1.54. The molecular weight excluding hydrogens is 342 g/mol. The van der Waals surface area contributed by atoms with Gasteiger partial charge in [0.1, 0.15) is 5.75 Å². The van der Waals surface area contributed by atoms with E-state index in [1.165, 1.54) is 0 Å². The zero-order valence-corrected chi connectivity index (χ0v) is 15.7. The lowest BCUT2D eigenvalue weighted by atomic mass is 9.91. The van der Waals surface area contributed by atoms with Gasteiger partial charge in [0, 0.05) is 44.5 Å². The molecule has 144 valence electrons. The van der Waals surface area contributed by atoms with E-state index >= 15 is 0 Å². The quantitative estimate of drug-likeness (QED) is 0.694. The predicted molar refractivity (Wildman–Crippen MR) is 103 cm³/mol. The molecule has 0 spiro atoms. The number of aromatic nitrogens is 1. The molecule has 0 aliphatic carbocycles. The number of hydrogen-bond acceptors (Lipinski definition) is 5. The normalized spacial score (nSPS) is 19.9. The summed E-state index contributed by atoms with van der Waals surface area (Å²) in [5.41, 5.74) is 0.642. The summed E-state index contributed by atoms with van der Waals surface area (Å²) < 4.78 is 5.25. The van der Waals surface area contributed by atoms with E-state index in [2.05, 4.69) is 10.3 Å². The van der Waals surface area contributed by atoms with Crippen LogP contribution in [0.5, 0.6) is 5.75 Å². The van der Waals surface area contributed by atoms with Gasteiger partial charge in [-0.25, -0.2) is 0 Å². The number of nitrogens with zero attached hydrogens (tertiary/aromatic N) is 2. The SMILES string of the molecule is COc1cccc(CN2CCC[C@@](O)(CNCCc3ccccn3)C2=O)c1. The molecule has 1 amide bonds. The van der Waals surface area contributed by atoms with Crippen molar-refractivity contribution < 1.29 is 14.6 Å². The number of methoxy groups -OCH3 is 1. The van der Waals surface area contributed by atoms with E-state index in [0.717, 1.165) is 29.8 Å². The average Bonchev–Trinajstić information content (AvgIpc) is 2.70. The number of rotatable bonds is 8. The molecule has 1 fully saturated rings. The third-order valence-corrected chi connectivity index (χ3v) is 4.91. The standard InChI is InChI=1S/C21H27N3O3/c1-27-19-8-4-6-17(14-19)15-24-13-5-10-21(26,20(24)25)16-22-12-9-18-7-2-3-11-23-18/h2-4,6-8,11,14,22,26H,5,9-10,12-13,15-16H2,1H3/t21-/m1/s1. The summed E-state index contributed by atoms with van der Waals surface area (Å²) in [4.78, 5) is 18.9. The summed E-state index contributed by atoms with van der Waals surface area (Å²) in [6.07, 6.45) is 3.80. The van der Waals surface area contributed by atoms with Gasteiger partial charge in [0.15, 0.2) is 5.60 Å². The summed E-state index contributed by atoms with van der Waals surface area (Å²) in [6.45, 7) is 2.06. The van der Waals surface area contributed by atoms with Crippen LogP contribution in [0.2, 0.25) is 0 Å². The fourth-order valence-corrected chi connectivity index (χ4v) is 3.43. The number of piperidine rings is 1. The van der Waals surface area contributed by atoms with Crippen molar-refractivity contribution in [1.82, 2.24) is 15.2 Å². The highest BCUT2D eigenvalue weighted by atomic mass is 16.5. The maximum Gasteiger partial charge on any atom is 0.256 e. The van der Waals surface area contributed by atoms with E-state index in [1.54, 1.807) is 18.2 Å². The van der Waals surface area contributed by atoms with Crippen molar-refractivity contribution in [2.75, 3.05) is 26.7 Å². The molecule has 2 N–H and O–H groups in total. The molecule has 2 aromatic rings. The van der Waals surface area contributed by atoms with Crippen molar-refractivity contribution in [3.8, 4) is 5.75 Å². The first kappa shape index (κ1) is 19.3. The van der Waals surface area contributed by atoms with Gasteiger partial charge in [-0.15, -0.1) is 0 Å². The maximum absolute atomic E-state index is 12.9. The molecule has 0 unspecified atom stereocenters. The maximum atomic E-state index is 12.9. The van der Waals surface area contributed by atoms with Crippen LogP contribution in [-0.4, -0.2) is 53.2 Å². The zero-order valence-electron chi connectivity index (χ0n) is 15.7. The van der Waals surface area contributed by atoms with Gasteiger partial charge in [-0.3, -0.25) is 9.78 Å². The first-order chi connectivity index (χ1) is 13.1. The minimum Gasteiger partial charge on any atom is -0.497 e. The Morgan fingerprint density at radius 1 is 1.30 bits per heavy atom. The van der Waals surface area contributed by atoms with Crippen molar-refractivity contribution in [3.05, 3.63) is 59.9 Å². The molecular formula is C21H27N3O3. The molecule has 1 aliphatic rings. The van der Waals surface area contributed by atoms with E-state index in [4.69, 9.17) is 4.74 Å². The van der Waals surface area contributed by atoms with Crippen LogP contribution in [-0.2, 0) is 17.8 Å². The van der Waals surface area contributed by atoms with Gasteiger partial charge in [0.25, 0.3) is 5.91 Å². The van der Waals surface area contributed by atoms with Gasteiger partial charge >= 0.3 is 0 Å². The Labute approximate surface area is 160 Å². The summed E-state index contributed by atoms with van der Waals surface area (Å²) in [5.74, 6) is 0.560. The third kappa shape index (κ3) is 5.05. The Morgan fingerprint density at radius 3 is 2.96 bits per heavy atom. The summed E-state index contributed by atoms with van der Waals surface area (Å²) in [7, 11) is 1.63. The van der Waals surface area contributed by atoms with Crippen LogP contribution in [0.3, 0.4) is 0 Å². The lowest BCUT2D eigenvalue weighted by molar-refractivity contribution is -0.157. The minimum absolute atomic E-state index is 0.207. The van der Waals surface area contributed by atoms with E-state index in [-0.39, 0.29) is 12.5 Å². The van der Waals surface area contributed by atoms with Crippen LogP contribution in [0.4, 0.5) is 0 Å². The minimum atomic E-state index is -1.35. The Morgan fingerprint density at radius 2 is 2.19 bits per heavy atom. The number of carbonyl (C=O) groups excluding carboxylic acids is 1. The fraction of sp³-hybridized carbons (Fsp3) is 0.429. The Bertz CT molecular complexity index is 753. The highest BCUT2D eigenvalue weighted by Gasteiger charge is 2.41. The monoisotopic (exact) mass is 369 g/mol. The van der Waals surface area contributed by atoms with Gasteiger partial charge in [0.05, 0.1) is 7.11 Å². The highest BCUT2D eigenvalue weighted by molar-refractivity contribution is 5.86. The van der Waals surface area contributed by atoms with Gasteiger partial charge < -0.3 is 20.1 Å². The molecule has 27 heavy (non-hydrogen) atoms. The first-order valence-electron chi connectivity index (χ1n) is 9.36. The first-order valence-corrected chi connectivity index (χ1v) is 9.36. The molecule has 0 saturated carbocycles. The second-order valence-electron chi connectivity index (χ2n) is 6.96.